The minimum atomic E-state index is 0. The maximum absolute atomic E-state index is 12.9. The number of rotatable bonds is 3. The minimum absolute atomic E-state index is 0. The maximum atomic E-state index is 12.9. The third kappa shape index (κ3) is 5.40. The van der Waals surface area contributed by atoms with Crippen molar-refractivity contribution in [3.05, 3.63) is 79.7 Å². The van der Waals surface area contributed by atoms with Crippen molar-refractivity contribution in [3.8, 4) is 0 Å². The van der Waals surface area contributed by atoms with Gasteiger partial charge in [0.25, 0.3) is 0 Å². The number of likely N-dealkylation sites (tertiary alicyclic amines) is 1. The monoisotopic (exact) mass is 495 g/mol. The van der Waals surface area contributed by atoms with E-state index in [1.165, 1.54) is 0 Å². The van der Waals surface area contributed by atoms with E-state index in [1.807, 2.05) is 60.7 Å². The van der Waals surface area contributed by atoms with Crippen LogP contribution in [0.4, 0.5) is 0 Å². The second-order valence-corrected chi connectivity index (χ2v) is 7.91. The highest BCUT2D eigenvalue weighted by molar-refractivity contribution is 9.10. The van der Waals surface area contributed by atoms with Crippen molar-refractivity contribution in [2.45, 2.75) is 6.92 Å². The fourth-order valence-corrected chi connectivity index (χ4v) is 3.38. The Morgan fingerprint density at radius 3 is 1.58 bits per heavy atom. The van der Waals surface area contributed by atoms with Gasteiger partial charge in [-0.15, -0.1) is 12.4 Å². The van der Waals surface area contributed by atoms with Crippen molar-refractivity contribution in [3.63, 3.8) is 0 Å². The SMILES string of the molecule is CCN1C/C(=C/c2ccc(Br)cc2)C(=O)/C(=C/c2ccc(Br)cc2)C1.Cl. The molecule has 5 heteroatoms. The Morgan fingerprint density at radius 1 is 0.846 bits per heavy atom. The summed E-state index contributed by atoms with van der Waals surface area (Å²) in [5.74, 6) is 0.149. The van der Waals surface area contributed by atoms with Crippen molar-refractivity contribution in [2.75, 3.05) is 19.6 Å². The predicted octanol–water partition coefficient (Wildman–Crippen LogP) is 6.01. The number of hydrogen-bond acceptors (Lipinski definition) is 2. The number of hydrogen-bond donors (Lipinski definition) is 0. The number of carbonyl (C=O) groups excluding carboxylic acids is 1. The number of Topliss-reactive ketones (excluding diaryl/α,β-unsaturated/α-hetero) is 1. The Labute approximate surface area is 177 Å². The quantitative estimate of drug-likeness (QED) is 0.485. The Bertz CT molecular complexity index is 759. The van der Waals surface area contributed by atoms with E-state index in [9.17, 15) is 4.79 Å². The molecule has 0 atom stereocenters. The van der Waals surface area contributed by atoms with Gasteiger partial charge < -0.3 is 0 Å². The number of carbonyl (C=O) groups is 1. The molecule has 0 N–H and O–H groups in total. The number of likely N-dealkylation sites (N-methyl/N-ethyl adjacent to an activating group) is 1. The zero-order valence-electron chi connectivity index (χ0n) is 14.4. The molecular formula is C21H20Br2ClNO. The van der Waals surface area contributed by atoms with Crippen LogP contribution < -0.4 is 0 Å². The largest absolute Gasteiger partial charge is 0.295 e. The van der Waals surface area contributed by atoms with E-state index >= 15 is 0 Å². The lowest BCUT2D eigenvalue weighted by molar-refractivity contribution is -0.113. The van der Waals surface area contributed by atoms with Crippen LogP contribution in [0.1, 0.15) is 18.1 Å². The van der Waals surface area contributed by atoms with Gasteiger partial charge in [0.2, 0.25) is 0 Å². The molecule has 26 heavy (non-hydrogen) atoms. The number of benzene rings is 2. The summed E-state index contributed by atoms with van der Waals surface area (Å²) >= 11 is 6.89. The fraction of sp³-hybridized carbons (Fsp3) is 0.190. The first-order valence-corrected chi connectivity index (χ1v) is 9.83. The lowest BCUT2D eigenvalue weighted by atomic mass is 9.94. The molecule has 2 nitrogen and oxygen atoms in total. The molecule has 0 bridgehead atoms. The number of halogens is 3. The summed E-state index contributed by atoms with van der Waals surface area (Å²) < 4.78 is 2.08. The molecule has 0 spiro atoms. The van der Waals surface area contributed by atoms with Gasteiger partial charge in [0.1, 0.15) is 0 Å². The Kier molecular flexibility index (Phi) is 7.84. The first kappa shape index (κ1) is 21.1. The topological polar surface area (TPSA) is 20.3 Å². The summed E-state index contributed by atoms with van der Waals surface area (Å²) in [7, 11) is 0. The molecule has 0 aromatic heterocycles. The summed E-state index contributed by atoms with van der Waals surface area (Å²) in [5, 5.41) is 0. The predicted molar refractivity (Wildman–Crippen MR) is 119 cm³/mol. The molecule has 0 unspecified atom stereocenters. The first-order valence-electron chi connectivity index (χ1n) is 8.24. The molecular weight excluding hydrogens is 477 g/mol. The number of ketones is 1. The van der Waals surface area contributed by atoms with Crippen LogP contribution in [0.3, 0.4) is 0 Å². The highest BCUT2D eigenvalue weighted by atomic mass is 79.9. The van der Waals surface area contributed by atoms with Gasteiger partial charge in [-0.2, -0.15) is 0 Å². The molecule has 3 rings (SSSR count). The lowest BCUT2D eigenvalue weighted by Gasteiger charge is -2.28. The van der Waals surface area contributed by atoms with E-state index in [0.29, 0.717) is 13.1 Å². The Morgan fingerprint density at radius 2 is 1.23 bits per heavy atom. The van der Waals surface area contributed by atoms with Gasteiger partial charge >= 0.3 is 0 Å². The summed E-state index contributed by atoms with van der Waals surface area (Å²) in [6.07, 6.45) is 4.01. The van der Waals surface area contributed by atoms with Crippen LogP contribution >= 0.6 is 44.3 Å². The van der Waals surface area contributed by atoms with Gasteiger partial charge in [-0.05, 0) is 54.1 Å². The number of piperidine rings is 1. The molecule has 2 aromatic carbocycles. The average Bonchev–Trinajstić information content (AvgIpc) is 2.62. The zero-order chi connectivity index (χ0) is 17.8. The van der Waals surface area contributed by atoms with Crippen molar-refractivity contribution in [1.29, 1.82) is 0 Å². The molecule has 1 aliphatic rings. The molecule has 1 heterocycles. The highest BCUT2D eigenvalue weighted by Crippen LogP contribution is 2.23. The molecule has 1 saturated heterocycles. The molecule has 1 aliphatic heterocycles. The standard InChI is InChI=1S/C21H19Br2NO.ClH/c1-2-24-13-17(11-15-3-7-19(22)8-4-15)21(25)18(14-24)12-16-5-9-20(23)10-6-16;/h3-12H,2,13-14H2,1H3;1H/b17-11-,18-12+;. The van der Waals surface area contributed by atoms with Crippen molar-refractivity contribution in [1.82, 2.24) is 4.90 Å². The molecule has 0 aliphatic carbocycles. The second kappa shape index (κ2) is 9.65. The summed E-state index contributed by atoms with van der Waals surface area (Å²) in [4.78, 5) is 15.2. The number of nitrogens with zero attached hydrogens (tertiary/aromatic N) is 1. The van der Waals surface area contributed by atoms with Crippen LogP contribution in [0.15, 0.2) is 68.6 Å². The lowest BCUT2D eigenvalue weighted by Crippen LogP contribution is -2.37. The van der Waals surface area contributed by atoms with Gasteiger partial charge in [0, 0.05) is 33.2 Å². The summed E-state index contributed by atoms with van der Waals surface area (Å²) in [6.45, 7) is 4.44. The normalized spacial score (nSPS) is 18.2. The maximum Gasteiger partial charge on any atom is 0.187 e. The average molecular weight is 498 g/mol. The Balaban J connectivity index is 0.00000243. The summed E-state index contributed by atoms with van der Waals surface area (Å²) in [5.41, 5.74) is 3.79. The van der Waals surface area contributed by atoms with Crippen LogP contribution in [0, 0.1) is 0 Å². The molecule has 0 radical (unpaired) electrons. The van der Waals surface area contributed by atoms with E-state index < -0.39 is 0 Å². The molecule has 2 aromatic rings. The highest BCUT2D eigenvalue weighted by Gasteiger charge is 2.25. The van der Waals surface area contributed by atoms with E-state index in [4.69, 9.17) is 0 Å². The van der Waals surface area contributed by atoms with Gasteiger partial charge in [-0.3, -0.25) is 9.69 Å². The van der Waals surface area contributed by atoms with Crippen LogP contribution in [0.2, 0.25) is 0 Å². The smallest absolute Gasteiger partial charge is 0.187 e. The zero-order valence-corrected chi connectivity index (χ0v) is 18.4. The van der Waals surface area contributed by atoms with E-state index in [1.54, 1.807) is 0 Å². The van der Waals surface area contributed by atoms with E-state index in [0.717, 1.165) is 37.8 Å². The van der Waals surface area contributed by atoms with Crippen LogP contribution in [-0.4, -0.2) is 30.3 Å². The molecule has 0 amide bonds. The van der Waals surface area contributed by atoms with Crippen LogP contribution in [0.5, 0.6) is 0 Å². The molecule has 1 fully saturated rings. The minimum Gasteiger partial charge on any atom is -0.295 e. The summed E-state index contributed by atoms with van der Waals surface area (Å²) in [6, 6.07) is 16.1. The van der Waals surface area contributed by atoms with Crippen LogP contribution in [0.25, 0.3) is 12.2 Å². The van der Waals surface area contributed by atoms with E-state index in [2.05, 4.69) is 43.7 Å². The molecule has 136 valence electrons. The Hall–Kier alpha value is -1.20. The van der Waals surface area contributed by atoms with Crippen LogP contribution in [-0.2, 0) is 4.79 Å². The fourth-order valence-electron chi connectivity index (χ4n) is 2.85. The first-order chi connectivity index (χ1) is 12.0. The molecule has 0 saturated carbocycles. The van der Waals surface area contributed by atoms with Gasteiger partial charge in [-0.1, -0.05) is 63.0 Å². The van der Waals surface area contributed by atoms with Crippen molar-refractivity contribution in [2.24, 2.45) is 0 Å². The second-order valence-electron chi connectivity index (χ2n) is 6.07. The van der Waals surface area contributed by atoms with Crippen molar-refractivity contribution >= 4 is 62.2 Å². The van der Waals surface area contributed by atoms with Gasteiger partial charge in [-0.25, -0.2) is 0 Å². The van der Waals surface area contributed by atoms with E-state index in [-0.39, 0.29) is 18.2 Å². The van der Waals surface area contributed by atoms with Gasteiger partial charge in [0.05, 0.1) is 0 Å². The third-order valence-electron chi connectivity index (χ3n) is 4.24. The van der Waals surface area contributed by atoms with Crippen molar-refractivity contribution < 1.29 is 4.79 Å². The third-order valence-corrected chi connectivity index (χ3v) is 5.30. The van der Waals surface area contributed by atoms with Gasteiger partial charge in [0.15, 0.2) is 5.78 Å².